The highest BCUT2D eigenvalue weighted by atomic mass is 15.2. The number of nitrogens with zero attached hydrogens (tertiary/aromatic N) is 2. The minimum atomic E-state index is 0.164. The standard InChI is InChI=1S/C14H20N2/c1-5-16(14(2,3)4)11-13-8-6-7-12(9-13)10-15/h6-9H,5,11H2,1-4H3. The van der Waals surface area contributed by atoms with Crippen molar-refractivity contribution < 1.29 is 0 Å². The van der Waals surface area contributed by atoms with E-state index in [1.54, 1.807) is 0 Å². The third kappa shape index (κ3) is 3.36. The number of hydrogen-bond donors (Lipinski definition) is 0. The molecule has 0 radical (unpaired) electrons. The molecule has 0 spiro atoms. The van der Waals surface area contributed by atoms with E-state index in [1.165, 1.54) is 5.56 Å². The molecular weight excluding hydrogens is 196 g/mol. The SMILES string of the molecule is CCN(Cc1cccc(C#N)c1)C(C)(C)C. The van der Waals surface area contributed by atoms with E-state index in [2.05, 4.69) is 44.7 Å². The van der Waals surface area contributed by atoms with Crippen LogP contribution in [0.15, 0.2) is 24.3 Å². The topological polar surface area (TPSA) is 27.0 Å². The van der Waals surface area contributed by atoms with E-state index in [1.807, 2.05) is 18.2 Å². The van der Waals surface area contributed by atoms with Crippen molar-refractivity contribution in [3.05, 3.63) is 35.4 Å². The Morgan fingerprint density at radius 3 is 2.50 bits per heavy atom. The Morgan fingerprint density at radius 1 is 1.31 bits per heavy atom. The first-order valence-corrected chi connectivity index (χ1v) is 5.71. The van der Waals surface area contributed by atoms with Gasteiger partial charge < -0.3 is 0 Å². The second kappa shape index (κ2) is 5.14. The van der Waals surface area contributed by atoms with Crippen LogP contribution in [0.25, 0.3) is 0 Å². The number of nitriles is 1. The molecule has 1 rings (SSSR count). The Morgan fingerprint density at radius 2 is 2.00 bits per heavy atom. The van der Waals surface area contributed by atoms with Gasteiger partial charge in [-0.05, 0) is 45.0 Å². The van der Waals surface area contributed by atoms with Gasteiger partial charge in [-0.2, -0.15) is 5.26 Å². The lowest BCUT2D eigenvalue weighted by Crippen LogP contribution is -2.40. The van der Waals surface area contributed by atoms with Crippen LogP contribution in [-0.2, 0) is 6.54 Å². The highest BCUT2D eigenvalue weighted by molar-refractivity contribution is 5.32. The van der Waals surface area contributed by atoms with E-state index in [4.69, 9.17) is 5.26 Å². The average Bonchev–Trinajstić information content (AvgIpc) is 2.24. The molecule has 16 heavy (non-hydrogen) atoms. The molecule has 0 aliphatic heterocycles. The number of benzene rings is 1. The van der Waals surface area contributed by atoms with E-state index in [0.717, 1.165) is 18.7 Å². The van der Waals surface area contributed by atoms with E-state index < -0.39 is 0 Å². The molecule has 2 heteroatoms. The van der Waals surface area contributed by atoms with Crippen LogP contribution in [0, 0.1) is 11.3 Å². The molecule has 2 nitrogen and oxygen atoms in total. The molecule has 0 atom stereocenters. The van der Waals surface area contributed by atoms with Gasteiger partial charge in [-0.1, -0.05) is 19.1 Å². The summed E-state index contributed by atoms with van der Waals surface area (Å²) in [5, 5.41) is 8.85. The molecule has 1 aromatic rings. The summed E-state index contributed by atoms with van der Waals surface area (Å²) in [6, 6.07) is 10.0. The lowest BCUT2D eigenvalue weighted by atomic mass is 10.0. The Balaban J connectivity index is 2.83. The molecule has 86 valence electrons. The highest BCUT2D eigenvalue weighted by Gasteiger charge is 2.19. The maximum Gasteiger partial charge on any atom is 0.0991 e. The summed E-state index contributed by atoms with van der Waals surface area (Å²) in [6.07, 6.45) is 0. The molecule has 0 unspecified atom stereocenters. The zero-order chi connectivity index (χ0) is 12.2. The summed E-state index contributed by atoms with van der Waals surface area (Å²) in [5.41, 5.74) is 2.11. The summed E-state index contributed by atoms with van der Waals surface area (Å²) >= 11 is 0. The largest absolute Gasteiger partial charge is 0.295 e. The molecule has 0 aromatic heterocycles. The Hall–Kier alpha value is -1.33. The summed E-state index contributed by atoms with van der Waals surface area (Å²) in [5.74, 6) is 0. The van der Waals surface area contributed by atoms with Crippen LogP contribution in [0.5, 0.6) is 0 Å². The Kier molecular flexibility index (Phi) is 4.09. The first-order chi connectivity index (χ1) is 7.47. The van der Waals surface area contributed by atoms with Crippen molar-refractivity contribution in [2.75, 3.05) is 6.54 Å². The third-order valence-corrected chi connectivity index (χ3v) is 2.76. The maximum absolute atomic E-state index is 8.85. The smallest absolute Gasteiger partial charge is 0.0991 e. The third-order valence-electron chi connectivity index (χ3n) is 2.76. The second-order valence-electron chi connectivity index (χ2n) is 5.00. The van der Waals surface area contributed by atoms with Gasteiger partial charge in [0.2, 0.25) is 0 Å². The van der Waals surface area contributed by atoms with Gasteiger partial charge >= 0.3 is 0 Å². The molecule has 0 heterocycles. The van der Waals surface area contributed by atoms with Crippen LogP contribution in [0.3, 0.4) is 0 Å². The molecule has 0 saturated heterocycles. The summed E-state index contributed by atoms with van der Waals surface area (Å²) in [4.78, 5) is 2.39. The molecule has 1 aromatic carbocycles. The molecule has 0 aliphatic carbocycles. The Bertz CT molecular complexity index is 382. The minimum absolute atomic E-state index is 0.164. The van der Waals surface area contributed by atoms with Crippen LogP contribution in [-0.4, -0.2) is 17.0 Å². The zero-order valence-corrected chi connectivity index (χ0v) is 10.6. The molecule has 0 fully saturated rings. The fourth-order valence-electron chi connectivity index (χ4n) is 1.78. The van der Waals surface area contributed by atoms with Gasteiger partial charge in [0.15, 0.2) is 0 Å². The van der Waals surface area contributed by atoms with Crippen molar-refractivity contribution in [2.24, 2.45) is 0 Å². The van der Waals surface area contributed by atoms with E-state index in [-0.39, 0.29) is 5.54 Å². The van der Waals surface area contributed by atoms with Gasteiger partial charge in [0.25, 0.3) is 0 Å². The van der Waals surface area contributed by atoms with Crippen LogP contribution in [0.2, 0.25) is 0 Å². The summed E-state index contributed by atoms with van der Waals surface area (Å²) < 4.78 is 0. The first-order valence-electron chi connectivity index (χ1n) is 5.71. The van der Waals surface area contributed by atoms with Crippen molar-refractivity contribution in [1.82, 2.24) is 4.90 Å². The molecule has 0 bridgehead atoms. The highest BCUT2D eigenvalue weighted by Crippen LogP contribution is 2.17. The lowest BCUT2D eigenvalue weighted by molar-refractivity contribution is 0.136. The minimum Gasteiger partial charge on any atom is -0.295 e. The first kappa shape index (κ1) is 12.7. The van der Waals surface area contributed by atoms with Crippen molar-refractivity contribution >= 4 is 0 Å². The van der Waals surface area contributed by atoms with Gasteiger partial charge in [0.1, 0.15) is 0 Å². The molecule has 0 N–H and O–H groups in total. The predicted molar refractivity (Wildman–Crippen MR) is 67.0 cm³/mol. The summed E-state index contributed by atoms with van der Waals surface area (Å²) in [6.45, 7) is 10.7. The Labute approximate surface area is 98.5 Å². The van der Waals surface area contributed by atoms with E-state index >= 15 is 0 Å². The van der Waals surface area contributed by atoms with Gasteiger partial charge in [-0.3, -0.25) is 4.90 Å². The number of rotatable bonds is 3. The van der Waals surface area contributed by atoms with Crippen LogP contribution in [0.4, 0.5) is 0 Å². The van der Waals surface area contributed by atoms with Crippen molar-refractivity contribution in [3.8, 4) is 6.07 Å². The van der Waals surface area contributed by atoms with Gasteiger partial charge in [-0.25, -0.2) is 0 Å². The summed E-state index contributed by atoms with van der Waals surface area (Å²) in [7, 11) is 0. The maximum atomic E-state index is 8.85. The van der Waals surface area contributed by atoms with Crippen LogP contribution >= 0.6 is 0 Å². The molecule has 0 saturated carbocycles. The zero-order valence-electron chi connectivity index (χ0n) is 10.6. The lowest BCUT2D eigenvalue weighted by Gasteiger charge is -2.34. The van der Waals surface area contributed by atoms with Gasteiger partial charge in [-0.15, -0.1) is 0 Å². The average molecular weight is 216 g/mol. The van der Waals surface area contributed by atoms with Crippen molar-refractivity contribution in [1.29, 1.82) is 5.26 Å². The predicted octanol–water partition coefficient (Wildman–Crippen LogP) is 3.18. The number of hydrogen-bond acceptors (Lipinski definition) is 2. The van der Waals surface area contributed by atoms with Gasteiger partial charge in [0.05, 0.1) is 11.6 Å². The fraction of sp³-hybridized carbons (Fsp3) is 0.500. The van der Waals surface area contributed by atoms with Crippen molar-refractivity contribution in [2.45, 2.75) is 39.8 Å². The van der Waals surface area contributed by atoms with E-state index in [0.29, 0.717) is 0 Å². The van der Waals surface area contributed by atoms with E-state index in [9.17, 15) is 0 Å². The fourth-order valence-corrected chi connectivity index (χ4v) is 1.78. The normalized spacial score (nSPS) is 11.5. The van der Waals surface area contributed by atoms with Gasteiger partial charge in [0, 0.05) is 12.1 Å². The van der Waals surface area contributed by atoms with Crippen LogP contribution in [0.1, 0.15) is 38.8 Å². The van der Waals surface area contributed by atoms with Crippen molar-refractivity contribution in [3.63, 3.8) is 0 Å². The monoisotopic (exact) mass is 216 g/mol. The quantitative estimate of drug-likeness (QED) is 0.776. The molecule has 0 aliphatic rings. The molecular formula is C14H20N2. The molecule has 0 amide bonds. The second-order valence-corrected chi connectivity index (χ2v) is 5.00. The van der Waals surface area contributed by atoms with Crippen LogP contribution < -0.4 is 0 Å².